The first-order chi connectivity index (χ1) is 44.6. The first-order valence-corrected chi connectivity index (χ1v) is 35.4. The summed E-state index contributed by atoms with van der Waals surface area (Å²) in [5.74, 6) is -5.68. The summed E-state index contributed by atoms with van der Waals surface area (Å²) in [7, 11) is 10.0. The molecular formula is C70H117ClN12O12. The molecule has 10 atom stereocenters. The minimum Gasteiger partial charge on any atom is -0.343 e. The zero-order chi connectivity index (χ0) is 71.3. The van der Waals surface area contributed by atoms with Crippen molar-refractivity contribution in [2.75, 3.05) is 82.1 Å². The van der Waals surface area contributed by atoms with E-state index in [9.17, 15) is 52.7 Å². The van der Waals surface area contributed by atoms with Crippen molar-refractivity contribution in [3.05, 3.63) is 0 Å². The van der Waals surface area contributed by atoms with Crippen LogP contribution >= 0.6 is 11.6 Å². The van der Waals surface area contributed by atoms with Crippen LogP contribution in [0.15, 0.2) is 0 Å². The van der Waals surface area contributed by atoms with Crippen molar-refractivity contribution in [2.45, 2.75) is 244 Å². The molecule has 4 fully saturated rings. The Morgan fingerprint density at radius 2 is 1.19 bits per heavy atom. The van der Waals surface area contributed by atoms with Gasteiger partial charge in [-0.15, -0.1) is 23.9 Å². The number of terminal acetylenes is 1. The largest absolute Gasteiger partial charge is 0.343 e. The van der Waals surface area contributed by atoms with E-state index in [1.165, 1.54) is 92.6 Å². The number of piperidine rings is 1. The molecule has 0 aromatic heterocycles. The molecule has 0 spiro atoms. The molecule has 536 valence electrons. The number of likely N-dealkylation sites (tertiary alicyclic amines) is 1. The predicted molar refractivity (Wildman–Crippen MR) is 365 cm³/mol. The molecule has 4 aliphatic rings. The van der Waals surface area contributed by atoms with Gasteiger partial charge in [-0.25, -0.2) is 0 Å². The number of nitrogens with one attached hydrogen (secondary N) is 4. The van der Waals surface area contributed by atoms with Gasteiger partial charge in [0.15, 0.2) is 0 Å². The van der Waals surface area contributed by atoms with Gasteiger partial charge >= 0.3 is 0 Å². The van der Waals surface area contributed by atoms with E-state index in [1.807, 2.05) is 41.5 Å². The first-order valence-electron chi connectivity index (χ1n) is 35.0. The molecule has 2 aliphatic carbocycles. The van der Waals surface area contributed by atoms with E-state index < -0.39 is 151 Å². The molecule has 2 unspecified atom stereocenters. The van der Waals surface area contributed by atoms with Gasteiger partial charge in [0.25, 0.3) is 0 Å². The van der Waals surface area contributed by atoms with Gasteiger partial charge in [0.2, 0.25) is 70.9 Å². The number of carbonyl (C=O) groups excluding carboxylic acids is 12. The highest BCUT2D eigenvalue weighted by Crippen LogP contribution is 2.34. The van der Waals surface area contributed by atoms with Crippen molar-refractivity contribution in [1.82, 2.24) is 60.5 Å². The second-order valence-corrected chi connectivity index (χ2v) is 29.8. The van der Waals surface area contributed by atoms with Crippen LogP contribution in [0.1, 0.15) is 191 Å². The Balaban J connectivity index is 1.87. The van der Waals surface area contributed by atoms with Crippen LogP contribution in [0.3, 0.4) is 0 Å². The van der Waals surface area contributed by atoms with Crippen molar-refractivity contribution >= 4 is 82.5 Å². The molecule has 0 radical (unpaired) electrons. The van der Waals surface area contributed by atoms with Gasteiger partial charge in [-0.3, -0.25) is 57.5 Å². The molecule has 2 aliphatic heterocycles. The van der Waals surface area contributed by atoms with Crippen LogP contribution in [0.25, 0.3) is 0 Å². The van der Waals surface area contributed by atoms with Crippen molar-refractivity contribution in [3.63, 3.8) is 0 Å². The van der Waals surface area contributed by atoms with E-state index in [4.69, 9.17) is 18.0 Å². The third-order valence-corrected chi connectivity index (χ3v) is 20.7. The Kier molecular flexibility index (Phi) is 32.2. The topological polar surface area (TPSA) is 279 Å². The molecule has 12 amide bonds. The predicted octanol–water partition coefficient (Wildman–Crippen LogP) is 4.78. The van der Waals surface area contributed by atoms with Gasteiger partial charge in [0, 0.05) is 73.7 Å². The molecule has 95 heavy (non-hydrogen) atoms. The first kappa shape index (κ1) is 80.9. The van der Waals surface area contributed by atoms with E-state index in [0.29, 0.717) is 77.3 Å². The van der Waals surface area contributed by atoms with Crippen LogP contribution in [0.2, 0.25) is 0 Å². The maximum absolute atomic E-state index is 15.2. The van der Waals surface area contributed by atoms with E-state index >= 15 is 4.79 Å². The third kappa shape index (κ3) is 23.3. The summed E-state index contributed by atoms with van der Waals surface area (Å²) in [4.78, 5) is 187. The monoisotopic (exact) mass is 1350 g/mol. The van der Waals surface area contributed by atoms with Gasteiger partial charge in [-0.05, 0) is 133 Å². The molecule has 25 heteroatoms. The molecule has 2 heterocycles. The number of carbonyl (C=O) groups is 12. The number of halogens is 1. The van der Waals surface area contributed by atoms with E-state index in [0.717, 1.165) is 30.6 Å². The van der Waals surface area contributed by atoms with Crippen LogP contribution in [-0.4, -0.2) is 245 Å². The van der Waals surface area contributed by atoms with E-state index in [1.54, 1.807) is 11.8 Å². The van der Waals surface area contributed by atoms with Gasteiger partial charge in [-0.1, -0.05) is 80.6 Å². The normalized spacial score (nSPS) is 28.9. The van der Waals surface area contributed by atoms with Gasteiger partial charge in [0.05, 0.1) is 26.1 Å². The minimum absolute atomic E-state index is 0.0140. The smallest absolute Gasteiger partial charge is 0.246 e. The summed E-state index contributed by atoms with van der Waals surface area (Å²) < 4.78 is 0. The second-order valence-electron chi connectivity index (χ2n) is 29.2. The number of likely N-dealkylation sites (N-methyl/N-ethyl adjacent to an activating group) is 7. The SMILES string of the molecule is C#CC1CCCC(C[C@@H]2NC(=O)CN(C)C(=O)[C@H](CC3CCC(Cl)CC3)N(C)C(=O)CN(C)C(=O)CN(C)C(=O)[C@H]([C@@H](C)CC)NC(=O)[C@H](CC(C)C)N(C)C(=O)C[C@@H](C(=O)N3CCCCC3)N(C)C(=O)[C@H](CC(C)C)NC(=O)C(C)(C)N(C)C(=O)[C@H](CCCC)NC2=O)C1. The fourth-order valence-corrected chi connectivity index (χ4v) is 13.6. The summed E-state index contributed by atoms with van der Waals surface area (Å²) in [5, 5.41) is 11.6. The molecule has 0 aromatic carbocycles. The lowest BCUT2D eigenvalue weighted by Gasteiger charge is -2.39. The standard InChI is InChI=1S/C70H117ClN12O12/c1-18-21-28-51-65(91)82(17)70(9,10)69(95)74-53(35-44(4)5)64(90)81(16)56(67(93)83-33-23-22-24-34-83)40-58(85)79(14)54(36-45(6)7)63(89)75-61(46(8)19-2)68(94)78(13)42-59(86)76(11)43-60(87)80(15)55(39-48-29-31-50(71)32-30-48)66(92)77(12)41-57(84)72-52(62(88)73-51)38-49-27-25-26-47(20-3)37-49/h3,44-56,61H,18-19,21-43H2,1-2,4-17H3,(H,72,84)(H,73,88)(H,74,95)(H,75,89)/t46-,47?,48?,49?,50?,51-,52-,53-,54-,55-,56-,61-/m0/s1. The highest BCUT2D eigenvalue weighted by Gasteiger charge is 2.45. The fourth-order valence-electron chi connectivity index (χ4n) is 13.4. The molecule has 4 rings (SSSR count). The average Bonchev–Trinajstić information content (AvgIpc) is 0.820. The van der Waals surface area contributed by atoms with Crippen LogP contribution in [-0.2, 0) is 57.5 Å². The van der Waals surface area contributed by atoms with Crippen molar-refractivity contribution in [1.29, 1.82) is 0 Å². The maximum Gasteiger partial charge on any atom is 0.246 e. The summed E-state index contributed by atoms with van der Waals surface area (Å²) in [5.41, 5.74) is -1.68. The van der Waals surface area contributed by atoms with Crippen LogP contribution < -0.4 is 21.3 Å². The number of alkyl halides is 1. The number of amides is 12. The van der Waals surface area contributed by atoms with Gasteiger partial charge in [-0.2, -0.15) is 0 Å². The van der Waals surface area contributed by atoms with Gasteiger partial charge in [0.1, 0.15) is 47.8 Å². The van der Waals surface area contributed by atoms with Gasteiger partial charge < -0.3 is 60.5 Å². The average molecular weight is 1350 g/mol. The number of unbranched alkanes of at least 4 members (excludes halogenated alkanes) is 1. The van der Waals surface area contributed by atoms with E-state index in [2.05, 4.69) is 27.2 Å². The zero-order valence-corrected chi connectivity index (χ0v) is 60.9. The zero-order valence-electron chi connectivity index (χ0n) is 60.2. The second kappa shape index (κ2) is 37.9. The summed E-state index contributed by atoms with van der Waals surface area (Å²) in [6, 6.07) is -8.50. The Morgan fingerprint density at radius 3 is 1.78 bits per heavy atom. The lowest BCUT2D eigenvalue weighted by Crippen LogP contribution is -2.63. The molecule has 0 aromatic rings. The number of hydrogen-bond donors (Lipinski definition) is 4. The Bertz CT molecular complexity index is 2710. The molecular weight excluding hydrogens is 1240 g/mol. The highest BCUT2D eigenvalue weighted by molar-refractivity contribution is 6.20. The third-order valence-electron chi connectivity index (χ3n) is 20.3. The fraction of sp³-hybridized carbons (Fsp3) is 0.800. The van der Waals surface area contributed by atoms with Crippen molar-refractivity contribution in [3.8, 4) is 12.3 Å². The Labute approximate surface area is 571 Å². The Morgan fingerprint density at radius 1 is 0.589 bits per heavy atom. The van der Waals surface area contributed by atoms with Crippen molar-refractivity contribution in [2.24, 2.45) is 35.5 Å². The quantitative estimate of drug-likeness (QED) is 0.135. The van der Waals surface area contributed by atoms with Crippen molar-refractivity contribution < 1.29 is 57.5 Å². The number of nitrogens with zero attached hydrogens (tertiary/aromatic N) is 8. The van der Waals surface area contributed by atoms with Crippen LogP contribution in [0, 0.1) is 47.9 Å². The minimum atomic E-state index is -1.68. The molecule has 2 saturated heterocycles. The number of hydrogen-bond acceptors (Lipinski definition) is 12. The lowest BCUT2D eigenvalue weighted by molar-refractivity contribution is -0.152. The maximum atomic E-state index is 15.2. The van der Waals surface area contributed by atoms with E-state index in [-0.39, 0.29) is 67.1 Å². The summed E-state index contributed by atoms with van der Waals surface area (Å²) in [6.45, 7) is 15.3. The molecule has 0 bridgehead atoms. The molecule has 2 saturated carbocycles. The summed E-state index contributed by atoms with van der Waals surface area (Å²) in [6.07, 6.45) is 15.7. The Hall–Kier alpha value is -6.51. The molecule has 24 nitrogen and oxygen atoms in total. The van der Waals surface area contributed by atoms with Crippen LogP contribution in [0.5, 0.6) is 0 Å². The molecule has 4 N–H and O–H groups in total. The number of rotatable bonds is 14. The summed E-state index contributed by atoms with van der Waals surface area (Å²) >= 11 is 6.51. The highest BCUT2D eigenvalue weighted by atomic mass is 35.5. The lowest BCUT2D eigenvalue weighted by atomic mass is 9.79. The van der Waals surface area contributed by atoms with Crippen LogP contribution in [0.4, 0.5) is 0 Å².